The normalized spacial score (nSPS) is 11.3. The van der Waals surface area contributed by atoms with Gasteiger partial charge in [-0.3, -0.25) is 0 Å². The molecule has 0 aliphatic carbocycles. The van der Waals surface area contributed by atoms with Crippen LogP contribution in [0.3, 0.4) is 0 Å². The second kappa shape index (κ2) is 11.8. The summed E-state index contributed by atoms with van der Waals surface area (Å²) >= 11 is 0. The molecule has 1 heterocycles. The number of hydrogen-bond donors (Lipinski definition) is 0. The molecule has 0 spiro atoms. The van der Waals surface area contributed by atoms with Crippen molar-refractivity contribution in [2.45, 2.75) is 0 Å². The van der Waals surface area contributed by atoms with Gasteiger partial charge in [0.1, 0.15) is 11.3 Å². The molecule has 226 valence electrons. The average molecular weight is 614 g/mol. The lowest BCUT2D eigenvalue weighted by atomic mass is 9.99. The number of fused-ring (bicyclic) bond motifs is 3. The molecule has 0 aliphatic rings. The van der Waals surface area contributed by atoms with Gasteiger partial charge in [0, 0.05) is 28.0 Å². The second-order valence-corrected chi connectivity index (χ2v) is 12.3. The molecule has 0 N–H and O–H groups in total. The third-order valence-electron chi connectivity index (χ3n) is 9.21. The molecule has 8 aromatic carbocycles. The van der Waals surface area contributed by atoms with E-state index in [4.69, 9.17) is 4.42 Å². The first kappa shape index (κ1) is 27.9. The van der Waals surface area contributed by atoms with Crippen LogP contribution in [0.25, 0.3) is 66.1 Å². The van der Waals surface area contributed by atoms with E-state index in [1.54, 1.807) is 0 Å². The zero-order chi connectivity index (χ0) is 31.9. The Morgan fingerprint density at radius 2 is 0.792 bits per heavy atom. The fourth-order valence-electron chi connectivity index (χ4n) is 6.73. The smallest absolute Gasteiger partial charge is 0.135 e. The summed E-state index contributed by atoms with van der Waals surface area (Å²) in [6.07, 6.45) is 0. The Hall–Kier alpha value is -6.38. The van der Waals surface area contributed by atoms with Crippen LogP contribution in [0.1, 0.15) is 0 Å². The van der Waals surface area contributed by atoms with Gasteiger partial charge in [-0.1, -0.05) is 127 Å². The Balaban J connectivity index is 1.15. The topological polar surface area (TPSA) is 16.4 Å². The fraction of sp³-hybridized carbons (Fsp3) is 0. The minimum atomic E-state index is 0.856. The van der Waals surface area contributed by atoms with Gasteiger partial charge in [-0.2, -0.15) is 0 Å². The second-order valence-electron chi connectivity index (χ2n) is 12.3. The molecule has 9 rings (SSSR count). The van der Waals surface area contributed by atoms with E-state index < -0.39 is 0 Å². The average Bonchev–Trinajstić information content (AvgIpc) is 3.60. The lowest BCUT2D eigenvalue weighted by Gasteiger charge is -2.26. The number of rotatable bonds is 6. The molecule has 0 bridgehead atoms. The molecule has 0 fully saturated rings. The maximum Gasteiger partial charge on any atom is 0.135 e. The molecule has 9 aromatic rings. The van der Waals surface area contributed by atoms with Crippen LogP contribution in [0.5, 0.6) is 0 Å². The molecule has 0 radical (unpaired) electrons. The predicted octanol–water partition coefficient (Wildman–Crippen LogP) is 13.2. The van der Waals surface area contributed by atoms with Gasteiger partial charge in [0.25, 0.3) is 0 Å². The summed E-state index contributed by atoms with van der Waals surface area (Å²) in [5.74, 6) is 0.856. The summed E-state index contributed by atoms with van der Waals surface area (Å²) < 4.78 is 6.29. The highest BCUT2D eigenvalue weighted by Gasteiger charge is 2.16. The Kier molecular flexibility index (Phi) is 6.84. The van der Waals surface area contributed by atoms with Crippen LogP contribution in [0.4, 0.5) is 17.1 Å². The summed E-state index contributed by atoms with van der Waals surface area (Å²) in [5.41, 5.74) is 9.90. The van der Waals surface area contributed by atoms with Gasteiger partial charge in [0.05, 0.1) is 0 Å². The Morgan fingerprint density at radius 3 is 1.44 bits per heavy atom. The first-order valence-electron chi connectivity index (χ1n) is 16.3. The Labute approximate surface area is 279 Å². The highest BCUT2D eigenvalue weighted by molar-refractivity contribution is 5.90. The van der Waals surface area contributed by atoms with Crippen LogP contribution >= 0.6 is 0 Å². The molecule has 0 saturated carbocycles. The first-order chi connectivity index (χ1) is 23.7. The molecule has 0 saturated heterocycles. The Morgan fingerprint density at radius 1 is 0.292 bits per heavy atom. The van der Waals surface area contributed by atoms with Crippen LogP contribution in [-0.4, -0.2) is 0 Å². The van der Waals surface area contributed by atoms with Crippen molar-refractivity contribution in [1.29, 1.82) is 0 Å². The van der Waals surface area contributed by atoms with E-state index in [2.05, 4.69) is 175 Å². The van der Waals surface area contributed by atoms with E-state index in [1.807, 2.05) is 18.2 Å². The summed E-state index contributed by atoms with van der Waals surface area (Å²) in [6.45, 7) is 0. The van der Waals surface area contributed by atoms with Gasteiger partial charge in [-0.15, -0.1) is 0 Å². The molecule has 2 nitrogen and oxygen atoms in total. The number of furan rings is 1. The summed E-state index contributed by atoms with van der Waals surface area (Å²) in [7, 11) is 0. The van der Waals surface area contributed by atoms with Crippen molar-refractivity contribution in [2.24, 2.45) is 0 Å². The minimum absolute atomic E-state index is 0.856. The largest absolute Gasteiger partial charge is 0.456 e. The number of para-hydroxylation sites is 1. The number of hydrogen-bond acceptors (Lipinski definition) is 2. The van der Waals surface area contributed by atoms with Crippen molar-refractivity contribution < 1.29 is 4.42 Å². The zero-order valence-electron chi connectivity index (χ0n) is 26.3. The van der Waals surface area contributed by atoms with Crippen LogP contribution in [-0.2, 0) is 0 Å². The molecule has 1 aromatic heterocycles. The van der Waals surface area contributed by atoms with E-state index in [0.717, 1.165) is 39.4 Å². The van der Waals surface area contributed by atoms with Crippen LogP contribution in [0.15, 0.2) is 192 Å². The van der Waals surface area contributed by atoms with E-state index in [9.17, 15) is 0 Å². The van der Waals surface area contributed by atoms with Gasteiger partial charge in [-0.25, -0.2) is 0 Å². The van der Waals surface area contributed by atoms with E-state index >= 15 is 0 Å². The van der Waals surface area contributed by atoms with Gasteiger partial charge in [0.15, 0.2) is 0 Å². The number of nitrogens with zero attached hydrogens (tertiary/aromatic N) is 1. The zero-order valence-corrected chi connectivity index (χ0v) is 26.3. The quantitative estimate of drug-likeness (QED) is 0.185. The molecule has 0 atom stereocenters. The summed E-state index contributed by atoms with van der Waals surface area (Å²) in [4.78, 5) is 2.33. The van der Waals surface area contributed by atoms with Crippen molar-refractivity contribution >= 4 is 49.6 Å². The lowest BCUT2D eigenvalue weighted by molar-refractivity contribution is 0.631. The van der Waals surface area contributed by atoms with Gasteiger partial charge in [0.2, 0.25) is 0 Å². The third kappa shape index (κ3) is 5.20. The fourth-order valence-corrected chi connectivity index (χ4v) is 6.73. The molecule has 0 unspecified atom stereocenters. The third-order valence-corrected chi connectivity index (χ3v) is 9.21. The van der Waals surface area contributed by atoms with Gasteiger partial charge in [-0.05, 0) is 104 Å². The molecule has 0 aliphatic heterocycles. The maximum atomic E-state index is 6.29. The SMILES string of the molecule is c1cc(-c2ccc3ccccc3c2)cc(N(c2ccc(-c3ccc4ccccc4c3)cc2)c2cccc(-c3cc4ccccc4o3)c2)c1. The highest BCUT2D eigenvalue weighted by Crippen LogP contribution is 2.40. The van der Waals surface area contributed by atoms with E-state index in [-0.39, 0.29) is 0 Å². The number of benzene rings is 8. The first-order valence-corrected chi connectivity index (χ1v) is 16.3. The summed E-state index contributed by atoms with van der Waals surface area (Å²) in [6, 6.07) is 67.0. The monoisotopic (exact) mass is 613 g/mol. The molecule has 2 heteroatoms. The van der Waals surface area contributed by atoms with Crippen molar-refractivity contribution in [1.82, 2.24) is 0 Å². The van der Waals surface area contributed by atoms with Crippen LogP contribution < -0.4 is 4.90 Å². The summed E-state index contributed by atoms with van der Waals surface area (Å²) in [5, 5.41) is 6.07. The lowest BCUT2D eigenvalue weighted by Crippen LogP contribution is -2.10. The van der Waals surface area contributed by atoms with Crippen LogP contribution in [0.2, 0.25) is 0 Å². The Bertz CT molecular complexity index is 2540. The molecular formula is C46H31NO. The highest BCUT2D eigenvalue weighted by atomic mass is 16.3. The van der Waals surface area contributed by atoms with E-state index in [1.165, 1.54) is 43.8 Å². The molecule has 0 amide bonds. The minimum Gasteiger partial charge on any atom is -0.456 e. The predicted molar refractivity (Wildman–Crippen MR) is 202 cm³/mol. The standard InChI is InChI=1S/C46H31NO/c1-3-11-35-27-38(21-19-32(35)9-1)34-23-25-42(26-24-34)47(44-17-8-15-40(30-44)46-31-41-13-5-6-18-45(41)48-46)43-16-7-14-37(29-43)39-22-20-33-10-2-4-12-36(33)28-39/h1-31H. The molecule has 48 heavy (non-hydrogen) atoms. The van der Waals surface area contributed by atoms with Crippen LogP contribution in [0, 0.1) is 0 Å². The van der Waals surface area contributed by atoms with Gasteiger partial charge < -0.3 is 9.32 Å². The van der Waals surface area contributed by atoms with Crippen molar-refractivity contribution in [3.05, 3.63) is 188 Å². The van der Waals surface area contributed by atoms with Gasteiger partial charge >= 0.3 is 0 Å². The van der Waals surface area contributed by atoms with Crippen molar-refractivity contribution in [2.75, 3.05) is 4.90 Å². The van der Waals surface area contributed by atoms with E-state index in [0.29, 0.717) is 0 Å². The molecular weight excluding hydrogens is 583 g/mol. The number of anilines is 3. The van der Waals surface area contributed by atoms with Crippen molar-refractivity contribution in [3.8, 4) is 33.6 Å². The maximum absolute atomic E-state index is 6.29. The van der Waals surface area contributed by atoms with Crippen molar-refractivity contribution in [3.63, 3.8) is 0 Å².